The molecule has 0 radical (unpaired) electrons. The van der Waals surface area contributed by atoms with Gasteiger partial charge in [0, 0.05) is 29.7 Å². The van der Waals surface area contributed by atoms with Gasteiger partial charge in [-0.2, -0.15) is 0 Å². The Bertz CT molecular complexity index is 1110. The molecule has 1 heterocycles. The molecule has 4 rings (SSSR count). The van der Waals surface area contributed by atoms with Crippen molar-refractivity contribution in [2.24, 2.45) is 5.92 Å². The highest BCUT2D eigenvalue weighted by Crippen LogP contribution is 2.30. The summed E-state index contributed by atoms with van der Waals surface area (Å²) in [6, 6.07) is 18.7. The van der Waals surface area contributed by atoms with Crippen LogP contribution in [0.5, 0.6) is 11.5 Å². The maximum absolute atomic E-state index is 13.4. The Balaban J connectivity index is 1.47. The van der Waals surface area contributed by atoms with Crippen LogP contribution in [0.3, 0.4) is 0 Å². The van der Waals surface area contributed by atoms with Gasteiger partial charge in [-0.1, -0.05) is 24.3 Å². The maximum Gasteiger partial charge on any atom is 0.254 e. The lowest BCUT2D eigenvalue weighted by molar-refractivity contribution is -0.121. The fourth-order valence-corrected chi connectivity index (χ4v) is 4.23. The lowest BCUT2D eigenvalue weighted by atomic mass is 9.95. The lowest BCUT2D eigenvalue weighted by Gasteiger charge is -2.32. The van der Waals surface area contributed by atoms with E-state index in [1.54, 1.807) is 12.0 Å². The molecule has 6 heteroatoms. The highest BCUT2D eigenvalue weighted by Gasteiger charge is 2.29. The Morgan fingerprint density at radius 2 is 1.78 bits per heavy atom. The molecule has 32 heavy (non-hydrogen) atoms. The number of benzene rings is 3. The van der Waals surface area contributed by atoms with Crippen LogP contribution >= 0.6 is 0 Å². The van der Waals surface area contributed by atoms with Crippen molar-refractivity contribution < 1.29 is 19.1 Å². The number of anilines is 1. The predicted octanol–water partition coefficient (Wildman–Crippen LogP) is 4.74. The third-order valence-electron chi connectivity index (χ3n) is 5.85. The largest absolute Gasteiger partial charge is 0.496 e. The SMILES string of the molecule is CCOc1ccc(NC(=O)[C@H]2CCCN(C(=O)c3ccc(OC)c4ccccc34)C2)cc1. The summed E-state index contributed by atoms with van der Waals surface area (Å²) < 4.78 is 10.9. The van der Waals surface area contributed by atoms with Gasteiger partial charge >= 0.3 is 0 Å². The van der Waals surface area contributed by atoms with E-state index < -0.39 is 0 Å². The third-order valence-corrected chi connectivity index (χ3v) is 5.85. The number of ether oxygens (including phenoxy) is 2. The van der Waals surface area contributed by atoms with Crippen molar-refractivity contribution in [1.29, 1.82) is 0 Å². The predicted molar refractivity (Wildman–Crippen MR) is 125 cm³/mol. The summed E-state index contributed by atoms with van der Waals surface area (Å²) in [4.78, 5) is 28.1. The molecule has 0 aliphatic carbocycles. The molecule has 3 aromatic rings. The fraction of sp³-hybridized carbons (Fsp3) is 0.308. The van der Waals surface area contributed by atoms with Crippen LogP contribution in [0.15, 0.2) is 60.7 Å². The zero-order chi connectivity index (χ0) is 22.5. The molecule has 1 aliphatic heterocycles. The Kier molecular flexibility index (Phi) is 6.59. The summed E-state index contributed by atoms with van der Waals surface area (Å²) in [6.45, 7) is 3.58. The van der Waals surface area contributed by atoms with Gasteiger partial charge in [-0.25, -0.2) is 0 Å². The molecule has 3 aromatic carbocycles. The average molecular weight is 433 g/mol. The molecule has 166 valence electrons. The number of piperidine rings is 1. The molecule has 0 bridgehead atoms. The molecular weight excluding hydrogens is 404 g/mol. The molecule has 0 saturated carbocycles. The molecule has 1 saturated heterocycles. The van der Waals surface area contributed by atoms with Crippen LogP contribution in [0, 0.1) is 5.92 Å². The quantitative estimate of drug-likeness (QED) is 0.611. The summed E-state index contributed by atoms with van der Waals surface area (Å²) in [5, 5.41) is 4.74. The zero-order valence-corrected chi connectivity index (χ0v) is 18.5. The van der Waals surface area contributed by atoms with Gasteiger partial charge in [-0.15, -0.1) is 0 Å². The van der Waals surface area contributed by atoms with Crippen molar-refractivity contribution in [3.05, 3.63) is 66.2 Å². The molecular formula is C26H28N2O4. The van der Waals surface area contributed by atoms with Crippen molar-refractivity contribution >= 4 is 28.3 Å². The molecule has 1 N–H and O–H groups in total. The minimum absolute atomic E-state index is 0.0533. The number of nitrogens with one attached hydrogen (secondary N) is 1. The number of methoxy groups -OCH3 is 1. The van der Waals surface area contributed by atoms with E-state index >= 15 is 0 Å². The first kappa shape index (κ1) is 21.7. The minimum atomic E-state index is -0.246. The van der Waals surface area contributed by atoms with Crippen LogP contribution in [0.25, 0.3) is 10.8 Å². The fourth-order valence-electron chi connectivity index (χ4n) is 4.23. The van der Waals surface area contributed by atoms with E-state index in [0.29, 0.717) is 25.3 Å². The van der Waals surface area contributed by atoms with Crippen molar-refractivity contribution in [3.8, 4) is 11.5 Å². The Hall–Kier alpha value is -3.54. The molecule has 6 nitrogen and oxygen atoms in total. The van der Waals surface area contributed by atoms with E-state index in [2.05, 4.69) is 5.32 Å². The van der Waals surface area contributed by atoms with E-state index in [1.807, 2.05) is 67.6 Å². The number of rotatable bonds is 6. The molecule has 2 amide bonds. The standard InChI is InChI=1S/C26H28N2O4/c1-3-32-20-12-10-19(11-13-20)27-25(29)18-7-6-16-28(17-18)26(30)23-14-15-24(31-2)22-9-5-4-8-21(22)23/h4-5,8-15,18H,3,6-7,16-17H2,1-2H3,(H,27,29)/t18-/m0/s1. The summed E-state index contributed by atoms with van der Waals surface area (Å²) >= 11 is 0. The maximum atomic E-state index is 13.4. The van der Waals surface area contributed by atoms with E-state index in [4.69, 9.17) is 9.47 Å². The van der Waals surface area contributed by atoms with Crippen LogP contribution in [-0.2, 0) is 4.79 Å². The van der Waals surface area contributed by atoms with Crippen LogP contribution in [0.1, 0.15) is 30.1 Å². The van der Waals surface area contributed by atoms with Gasteiger partial charge in [-0.05, 0) is 61.5 Å². The average Bonchev–Trinajstić information content (AvgIpc) is 2.84. The molecule has 0 spiro atoms. The van der Waals surface area contributed by atoms with E-state index in [9.17, 15) is 9.59 Å². The van der Waals surface area contributed by atoms with E-state index in [0.717, 1.165) is 40.8 Å². The lowest BCUT2D eigenvalue weighted by Crippen LogP contribution is -2.43. The van der Waals surface area contributed by atoms with Crippen molar-refractivity contribution in [3.63, 3.8) is 0 Å². The molecule has 0 unspecified atom stereocenters. The number of fused-ring (bicyclic) bond motifs is 1. The Labute approximate surface area is 188 Å². The van der Waals surface area contributed by atoms with Crippen LogP contribution in [-0.4, -0.2) is 43.5 Å². The van der Waals surface area contributed by atoms with Crippen molar-refractivity contribution in [2.45, 2.75) is 19.8 Å². The highest BCUT2D eigenvalue weighted by atomic mass is 16.5. The number of hydrogen-bond acceptors (Lipinski definition) is 4. The number of amides is 2. The number of hydrogen-bond donors (Lipinski definition) is 1. The van der Waals surface area contributed by atoms with Gasteiger partial charge in [0.2, 0.25) is 5.91 Å². The van der Waals surface area contributed by atoms with Gasteiger partial charge in [0.05, 0.1) is 19.6 Å². The second kappa shape index (κ2) is 9.73. The number of likely N-dealkylation sites (tertiary alicyclic amines) is 1. The monoisotopic (exact) mass is 432 g/mol. The minimum Gasteiger partial charge on any atom is -0.496 e. The second-order valence-corrected chi connectivity index (χ2v) is 7.90. The number of carbonyl (C=O) groups is 2. The normalized spacial score (nSPS) is 15.9. The second-order valence-electron chi connectivity index (χ2n) is 7.90. The third kappa shape index (κ3) is 4.54. The van der Waals surface area contributed by atoms with Gasteiger partial charge in [-0.3, -0.25) is 9.59 Å². The molecule has 1 atom stereocenters. The van der Waals surface area contributed by atoms with E-state index in [1.165, 1.54) is 0 Å². The molecule has 1 fully saturated rings. The number of nitrogens with zero attached hydrogens (tertiary/aromatic N) is 1. The van der Waals surface area contributed by atoms with Gasteiger partial charge < -0.3 is 19.7 Å². The topological polar surface area (TPSA) is 67.9 Å². The number of carbonyl (C=O) groups excluding carboxylic acids is 2. The first-order chi connectivity index (χ1) is 15.6. The van der Waals surface area contributed by atoms with Crippen molar-refractivity contribution in [2.75, 3.05) is 32.1 Å². The van der Waals surface area contributed by atoms with Crippen LogP contribution in [0.2, 0.25) is 0 Å². The summed E-state index contributed by atoms with van der Waals surface area (Å²) in [7, 11) is 1.63. The highest BCUT2D eigenvalue weighted by molar-refractivity contribution is 6.08. The first-order valence-corrected chi connectivity index (χ1v) is 11.0. The Morgan fingerprint density at radius 1 is 1.03 bits per heavy atom. The summed E-state index contributed by atoms with van der Waals surface area (Å²) in [5.74, 6) is 1.15. The van der Waals surface area contributed by atoms with Crippen LogP contribution in [0.4, 0.5) is 5.69 Å². The van der Waals surface area contributed by atoms with Gasteiger partial charge in [0.25, 0.3) is 5.91 Å². The Morgan fingerprint density at radius 3 is 2.50 bits per heavy atom. The van der Waals surface area contributed by atoms with Crippen molar-refractivity contribution in [1.82, 2.24) is 4.90 Å². The summed E-state index contributed by atoms with van der Waals surface area (Å²) in [5.41, 5.74) is 1.36. The van der Waals surface area contributed by atoms with Gasteiger partial charge in [0.15, 0.2) is 0 Å². The summed E-state index contributed by atoms with van der Waals surface area (Å²) in [6.07, 6.45) is 1.55. The van der Waals surface area contributed by atoms with E-state index in [-0.39, 0.29) is 17.7 Å². The molecule has 0 aromatic heterocycles. The smallest absolute Gasteiger partial charge is 0.254 e. The van der Waals surface area contributed by atoms with Gasteiger partial charge in [0.1, 0.15) is 11.5 Å². The first-order valence-electron chi connectivity index (χ1n) is 11.0. The van der Waals surface area contributed by atoms with Crippen LogP contribution < -0.4 is 14.8 Å². The molecule has 1 aliphatic rings. The zero-order valence-electron chi connectivity index (χ0n) is 18.5.